The van der Waals surface area contributed by atoms with Gasteiger partial charge in [0.1, 0.15) is 24.6 Å². The smallest absolute Gasteiger partial charge is 0.338 e. The van der Waals surface area contributed by atoms with E-state index in [1.807, 2.05) is 0 Å². The highest BCUT2D eigenvalue weighted by molar-refractivity contribution is 5.90. The van der Waals surface area contributed by atoms with Crippen LogP contribution in [-0.2, 0) is 18.9 Å². The van der Waals surface area contributed by atoms with Gasteiger partial charge in [-0.15, -0.1) is 0 Å². The predicted molar refractivity (Wildman–Crippen MR) is 150 cm³/mol. The van der Waals surface area contributed by atoms with Gasteiger partial charge in [-0.25, -0.2) is 14.4 Å². The van der Waals surface area contributed by atoms with Gasteiger partial charge in [0, 0.05) is 0 Å². The molecule has 0 aromatic heterocycles. The maximum absolute atomic E-state index is 13.1. The third kappa shape index (κ3) is 7.01. The minimum Gasteiger partial charge on any atom is -0.461 e. The van der Waals surface area contributed by atoms with Crippen molar-refractivity contribution in [3.63, 3.8) is 0 Å². The van der Waals surface area contributed by atoms with Crippen LogP contribution in [-0.4, -0.2) is 60.3 Å². The third-order valence-electron chi connectivity index (χ3n) is 6.51. The molecule has 5 rings (SSSR count). The number of carbonyl (C=O) groups excluding carboxylic acids is 3. The molecule has 0 aliphatic carbocycles. The summed E-state index contributed by atoms with van der Waals surface area (Å²) in [5, 5.41) is 11.4. The lowest BCUT2D eigenvalue weighted by Crippen LogP contribution is -2.62. The van der Waals surface area contributed by atoms with E-state index in [0.29, 0.717) is 11.3 Å². The summed E-state index contributed by atoms with van der Waals surface area (Å²) in [5.41, 5.74) is 0.760. The van der Waals surface area contributed by atoms with Gasteiger partial charge in [0.25, 0.3) is 0 Å². The Labute approximate surface area is 242 Å². The summed E-state index contributed by atoms with van der Waals surface area (Å²) in [5.74, 6) is -1.77. The Balaban J connectivity index is 1.45. The van der Waals surface area contributed by atoms with Crippen LogP contribution in [0.5, 0.6) is 5.75 Å². The first-order valence-corrected chi connectivity index (χ1v) is 13.3. The maximum Gasteiger partial charge on any atom is 0.338 e. The summed E-state index contributed by atoms with van der Waals surface area (Å²) in [7, 11) is 0. The maximum atomic E-state index is 13.1. The van der Waals surface area contributed by atoms with E-state index in [4.69, 9.17) is 23.7 Å². The number of hydrogen-bond donors (Lipinski definition) is 1. The number of ether oxygens (including phenoxy) is 5. The quantitative estimate of drug-likeness (QED) is 0.231. The summed E-state index contributed by atoms with van der Waals surface area (Å²) in [6.07, 6.45) is -6.97. The normalized spacial score (nSPS) is 21.5. The zero-order valence-corrected chi connectivity index (χ0v) is 22.4. The third-order valence-corrected chi connectivity index (χ3v) is 6.51. The second-order valence-corrected chi connectivity index (χ2v) is 9.40. The van der Waals surface area contributed by atoms with Crippen molar-refractivity contribution < 1.29 is 43.2 Å². The zero-order chi connectivity index (χ0) is 29.3. The highest BCUT2D eigenvalue weighted by Gasteiger charge is 2.51. The number of hydrogen-bond acceptors (Lipinski definition) is 9. The first-order valence-electron chi connectivity index (χ1n) is 13.3. The van der Waals surface area contributed by atoms with E-state index in [2.05, 4.69) is 0 Å². The fourth-order valence-corrected chi connectivity index (χ4v) is 4.36. The molecule has 42 heavy (non-hydrogen) atoms. The summed E-state index contributed by atoms with van der Waals surface area (Å²) in [6, 6.07) is 33.3. The van der Waals surface area contributed by atoms with Crippen molar-refractivity contribution in [3.8, 4) is 5.75 Å². The molecule has 1 fully saturated rings. The summed E-state index contributed by atoms with van der Waals surface area (Å²) >= 11 is 0. The van der Waals surface area contributed by atoms with Crippen LogP contribution in [0, 0.1) is 0 Å². The van der Waals surface area contributed by atoms with Gasteiger partial charge in [0.2, 0.25) is 12.4 Å². The Morgan fingerprint density at radius 2 is 1.02 bits per heavy atom. The van der Waals surface area contributed by atoms with Crippen LogP contribution in [0.3, 0.4) is 0 Å². The molecule has 1 saturated heterocycles. The number of para-hydroxylation sites is 1. The fourth-order valence-electron chi connectivity index (χ4n) is 4.36. The molecular weight excluding hydrogens is 540 g/mol. The lowest BCUT2D eigenvalue weighted by atomic mass is 9.98. The number of benzene rings is 4. The molecule has 0 amide bonds. The SMILES string of the molecule is O=C(OC[C@H]1OC(Oc2ccccc2)[C@H](OC(=O)c2ccccc2)[C@@H](OC(=O)c2ccccc2)C1O)c1ccccc1. The number of carbonyl (C=O) groups is 3. The van der Waals surface area contributed by atoms with Crippen LogP contribution >= 0.6 is 0 Å². The summed E-state index contributed by atoms with van der Waals surface area (Å²) < 4.78 is 29.1. The first-order chi connectivity index (χ1) is 20.5. The fraction of sp³-hybridized carbons (Fsp3) is 0.182. The van der Waals surface area contributed by atoms with Crippen molar-refractivity contribution in [1.82, 2.24) is 0 Å². The van der Waals surface area contributed by atoms with E-state index in [9.17, 15) is 19.5 Å². The van der Waals surface area contributed by atoms with Gasteiger partial charge >= 0.3 is 17.9 Å². The first kappa shape index (κ1) is 28.5. The van der Waals surface area contributed by atoms with Gasteiger partial charge in [-0.2, -0.15) is 0 Å². The molecule has 4 aromatic rings. The Hall–Kier alpha value is -4.99. The highest BCUT2D eigenvalue weighted by atomic mass is 16.7. The highest BCUT2D eigenvalue weighted by Crippen LogP contribution is 2.30. The Kier molecular flexibility index (Phi) is 9.23. The lowest BCUT2D eigenvalue weighted by Gasteiger charge is -2.42. The number of aliphatic hydroxyl groups excluding tert-OH is 1. The number of esters is 3. The molecule has 1 aliphatic heterocycles. The largest absolute Gasteiger partial charge is 0.461 e. The van der Waals surface area contributed by atoms with E-state index in [1.54, 1.807) is 121 Å². The van der Waals surface area contributed by atoms with Crippen molar-refractivity contribution >= 4 is 17.9 Å². The zero-order valence-electron chi connectivity index (χ0n) is 22.4. The van der Waals surface area contributed by atoms with Crippen LogP contribution < -0.4 is 4.74 Å². The molecule has 1 N–H and O–H groups in total. The van der Waals surface area contributed by atoms with Crippen molar-refractivity contribution in [3.05, 3.63) is 138 Å². The molecule has 1 aliphatic rings. The number of rotatable bonds is 9. The van der Waals surface area contributed by atoms with E-state index in [1.165, 1.54) is 0 Å². The molecule has 0 saturated carbocycles. The van der Waals surface area contributed by atoms with E-state index >= 15 is 0 Å². The van der Waals surface area contributed by atoms with Crippen molar-refractivity contribution in [2.75, 3.05) is 6.61 Å². The molecule has 2 unspecified atom stereocenters. The van der Waals surface area contributed by atoms with Gasteiger partial charge in [0.15, 0.2) is 6.10 Å². The molecule has 214 valence electrons. The van der Waals surface area contributed by atoms with Gasteiger partial charge in [0.05, 0.1) is 16.7 Å². The van der Waals surface area contributed by atoms with Crippen LogP contribution in [0.25, 0.3) is 0 Å². The van der Waals surface area contributed by atoms with E-state index in [-0.39, 0.29) is 11.1 Å². The lowest BCUT2D eigenvalue weighted by molar-refractivity contribution is -0.276. The topological polar surface area (TPSA) is 118 Å². The number of aliphatic hydroxyl groups is 1. The van der Waals surface area contributed by atoms with Crippen LogP contribution in [0.2, 0.25) is 0 Å². The second-order valence-electron chi connectivity index (χ2n) is 9.40. The molecule has 4 aromatic carbocycles. The van der Waals surface area contributed by atoms with Gasteiger partial charge < -0.3 is 28.8 Å². The monoisotopic (exact) mass is 568 g/mol. The molecule has 1 heterocycles. The van der Waals surface area contributed by atoms with Crippen LogP contribution in [0.4, 0.5) is 0 Å². The Morgan fingerprint density at radius 1 is 0.595 bits per heavy atom. The van der Waals surface area contributed by atoms with Crippen LogP contribution in [0.1, 0.15) is 31.1 Å². The van der Waals surface area contributed by atoms with Crippen LogP contribution in [0.15, 0.2) is 121 Å². The molecule has 5 atom stereocenters. The second kappa shape index (κ2) is 13.6. The predicted octanol–water partition coefficient (Wildman–Crippen LogP) is 4.46. The minimum absolute atomic E-state index is 0.219. The minimum atomic E-state index is -1.56. The molecule has 0 radical (unpaired) electrons. The van der Waals surface area contributed by atoms with Crippen molar-refractivity contribution in [2.45, 2.75) is 30.7 Å². The van der Waals surface area contributed by atoms with E-state index in [0.717, 1.165) is 0 Å². The average Bonchev–Trinajstić information content (AvgIpc) is 3.04. The molecule has 0 bridgehead atoms. The van der Waals surface area contributed by atoms with Gasteiger partial charge in [-0.1, -0.05) is 72.8 Å². The Morgan fingerprint density at radius 3 is 1.52 bits per heavy atom. The average molecular weight is 569 g/mol. The summed E-state index contributed by atoms with van der Waals surface area (Å²) in [6.45, 7) is -0.401. The Bertz CT molecular complexity index is 1460. The molecule has 9 heteroatoms. The summed E-state index contributed by atoms with van der Waals surface area (Å²) in [4.78, 5) is 38.9. The van der Waals surface area contributed by atoms with Crippen molar-refractivity contribution in [1.29, 1.82) is 0 Å². The standard InChI is InChI=1S/C33H28O9/c34-27-26(21-38-30(35)22-13-5-1-6-14-22)40-33(39-25-19-11-4-12-20-25)29(42-32(37)24-17-9-3-10-18-24)28(27)41-31(36)23-15-7-2-8-16-23/h1-20,26-29,33-34H,21H2/t26-,27?,28+,29-,33?/m1/s1. The molecular formula is C33H28O9. The van der Waals surface area contributed by atoms with E-state index < -0.39 is 55.2 Å². The van der Waals surface area contributed by atoms with Crippen molar-refractivity contribution in [2.24, 2.45) is 0 Å². The molecule has 0 spiro atoms. The van der Waals surface area contributed by atoms with Gasteiger partial charge in [-0.05, 0) is 48.5 Å². The molecule has 9 nitrogen and oxygen atoms in total. The van der Waals surface area contributed by atoms with Gasteiger partial charge in [-0.3, -0.25) is 0 Å².